The van der Waals surface area contributed by atoms with E-state index in [2.05, 4.69) is 5.10 Å². The molecular formula is C19H17ClN2OS3. The van der Waals surface area contributed by atoms with Gasteiger partial charge in [-0.2, -0.15) is 0 Å². The summed E-state index contributed by atoms with van der Waals surface area (Å²) < 4.78 is 3.11. The summed E-state index contributed by atoms with van der Waals surface area (Å²) >= 11 is 14.2. The van der Waals surface area contributed by atoms with Crippen molar-refractivity contribution in [3.05, 3.63) is 68.1 Å². The van der Waals surface area contributed by atoms with Crippen LogP contribution in [0, 0.1) is 17.8 Å². The highest BCUT2D eigenvalue weighted by atomic mass is 35.5. The van der Waals surface area contributed by atoms with Crippen molar-refractivity contribution in [1.82, 2.24) is 9.78 Å². The fraction of sp³-hybridized carbons (Fsp3) is 0.211. The van der Waals surface area contributed by atoms with Crippen LogP contribution in [0.15, 0.2) is 46.8 Å². The lowest BCUT2D eigenvalue weighted by Gasteiger charge is -2.09. The van der Waals surface area contributed by atoms with Crippen LogP contribution in [-0.2, 0) is 0 Å². The van der Waals surface area contributed by atoms with Crippen LogP contribution in [0.3, 0.4) is 0 Å². The number of rotatable bonds is 5. The zero-order valence-electron chi connectivity index (χ0n) is 14.5. The SMILES string of the molecule is Cc1ccc(C(=O)C(C)Sc2nn(-c3ccc(Cl)cc3)c(=S)s2)cc1C. The molecule has 1 aromatic heterocycles. The van der Waals surface area contributed by atoms with E-state index in [1.165, 1.54) is 28.7 Å². The van der Waals surface area contributed by atoms with Crippen LogP contribution >= 0.6 is 46.9 Å². The van der Waals surface area contributed by atoms with E-state index in [0.29, 0.717) is 8.98 Å². The third-order valence-corrected chi connectivity index (χ3v) is 6.71. The third-order valence-electron chi connectivity index (χ3n) is 4.04. The topological polar surface area (TPSA) is 34.9 Å². The first-order valence-electron chi connectivity index (χ1n) is 7.99. The van der Waals surface area contributed by atoms with Crippen LogP contribution in [-0.4, -0.2) is 20.8 Å². The molecule has 0 amide bonds. The second kappa shape index (κ2) is 8.05. The minimum Gasteiger partial charge on any atom is -0.293 e. The van der Waals surface area contributed by atoms with Gasteiger partial charge < -0.3 is 0 Å². The number of nitrogens with zero attached hydrogens (tertiary/aromatic N) is 2. The van der Waals surface area contributed by atoms with E-state index >= 15 is 0 Å². The molecule has 3 rings (SSSR count). The molecule has 1 heterocycles. The quantitative estimate of drug-likeness (QED) is 0.275. The molecule has 0 radical (unpaired) electrons. The molecule has 0 aliphatic rings. The van der Waals surface area contributed by atoms with E-state index in [9.17, 15) is 4.79 Å². The third kappa shape index (κ3) is 4.26. The van der Waals surface area contributed by atoms with Gasteiger partial charge in [0.1, 0.15) is 0 Å². The summed E-state index contributed by atoms with van der Waals surface area (Å²) in [4.78, 5) is 12.7. The average Bonchev–Trinajstić information content (AvgIpc) is 2.97. The molecule has 7 heteroatoms. The summed E-state index contributed by atoms with van der Waals surface area (Å²) in [5.74, 6) is 0.0947. The van der Waals surface area contributed by atoms with E-state index < -0.39 is 0 Å². The van der Waals surface area contributed by atoms with Crippen molar-refractivity contribution in [2.45, 2.75) is 30.4 Å². The molecule has 1 atom stereocenters. The number of halogens is 1. The molecule has 0 saturated heterocycles. The van der Waals surface area contributed by atoms with Crippen molar-refractivity contribution in [2.24, 2.45) is 0 Å². The zero-order valence-corrected chi connectivity index (χ0v) is 17.7. The highest BCUT2D eigenvalue weighted by molar-refractivity contribution is 8.02. The minimum atomic E-state index is -0.240. The van der Waals surface area contributed by atoms with Crippen LogP contribution in [0.4, 0.5) is 0 Å². The van der Waals surface area contributed by atoms with Crippen LogP contribution < -0.4 is 0 Å². The number of ketones is 1. The lowest BCUT2D eigenvalue weighted by molar-refractivity contribution is 0.0994. The Morgan fingerprint density at radius 3 is 2.54 bits per heavy atom. The monoisotopic (exact) mass is 420 g/mol. The molecule has 3 aromatic rings. The molecule has 0 aliphatic heterocycles. The van der Waals surface area contributed by atoms with Crippen molar-refractivity contribution in [3.63, 3.8) is 0 Å². The van der Waals surface area contributed by atoms with Crippen LogP contribution in [0.2, 0.25) is 5.02 Å². The highest BCUT2D eigenvalue weighted by Crippen LogP contribution is 2.30. The Morgan fingerprint density at radius 1 is 1.19 bits per heavy atom. The summed E-state index contributed by atoms with van der Waals surface area (Å²) in [6, 6.07) is 13.2. The molecule has 0 saturated carbocycles. The van der Waals surface area contributed by atoms with Crippen molar-refractivity contribution in [3.8, 4) is 5.69 Å². The van der Waals surface area contributed by atoms with Gasteiger partial charge in [-0.15, -0.1) is 5.10 Å². The number of benzene rings is 2. The Kier molecular flexibility index (Phi) is 5.97. The van der Waals surface area contributed by atoms with Crippen molar-refractivity contribution in [1.29, 1.82) is 0 Å². The van der Waals surface area contributed by atoms with Crippen molar-refractivity contribution >= 4 is 52.7 Å². The number of Topliss-reactive ketones (excluding diaryl/α,β-unsaturated/α-hetero) is 1. The molecule has 134 valence electrons. The van der Waals surface area contributed by atoms with E-state index in [-0.39, 0.29) is 11.0 Å². The van der Waals surface area contributed by atoms with Gasteiger partial charge >= 0.3 is 0 Å². The predicted molar refractivity (Wildman–Crippen MR) is 113 cm³/mol. The summed E-state index contributed by atoms with van der Waals surface area (Å²) in [5.41, 5.74) is 3.89. The molecule has 3 nitrogen and oxygen atoms in total. The molecule has 0 aliphatic carbocycles. The normalized spacial score (nSPS) is 12.2. The van der Waals surface area contributed by atoms with E-state index in [4.69, 9.17) is 23.8 Å². The van der Waals surface area contributed by atoms with Crippen LogP contribution in [0.5, 0.6) is 0 Å². The fourth-order valence-corrected chi connectivity index (χ4v) is 5.10. The first-order valence-corrected chi connectivity index (χ1v) is 10.5. The van der Waals surface area contributed by atoms with Gasteiger partial charge in [-0.25, -0.2) is 4.68 Å². The average molecular weight is 421 g/mol. The molecule has 1 unspecified atom stereocenters. The number of carbonyl (C=O) groups is 1. The van der Waals surface area contributed by atoms with Gasteiger partial charge in [0.2, 0.25) is 0 Å². The smallest absolute Gasteiger partial charge is 0.184 e. The van der Waals surface area contributed by atoms with Gasteiger partial charge in [0.15, 0.2) is 14.1 Å². The first kappa shape index (κ1) is 19.3. The maximum absolute atomic E-state index is 12.7. The number of aryl methyl sites for hydroxylation is 2. The molecule has 2 aromatic carbocycles. The number of thioether (sulfide) groups is 1. The van der Waals surface area contributed by atoms with Gasteiger partial charge in [0.05, 0.1) is 10.9 Å². The maximum atomic E-state index is 12.7. The van der Waals surface area contributed by atoms with Gasteiger partial charge in [0, 0.05) is 10.6 Å². The molecule has 0 bridgehead atoms. The maximum Gasteiger partial charge on any atom is 0.184 e. The Labute approximate surface area is 171 Å². The first-order chi connectivity index (χ1) is 12.3. The second-order valence-electron chi connectivity index (χ2n) is 5.95. The molecule has 0 fully saturated rings. The van der Waals surface area contributed by atoms with Gasteiger partial charge in [-0.05, 0) is 74.4 Å². The van der Waals surface area contributed by atoms with E-state index in [0.717, 1.165) is 21.2 Å². The molecule has 26 heavy (non-hydrogen) atoms. The number of carbonyl (C=O) groups excluding carboxylic acids is 1. The van der Waals surface area contributed by atoms with Gasteiger partial charge in [0.25, 0.3) is 0 Å². The lowest BCUT2D eigenvalue weighted by Crippen LogP contribution is -2.13. The summed E-state index contributed by atoms with van der Waals surface area (Å²) in [7, 11) is 0. The number of hydrogen-bond acceptors (Lipinski definition) is 5. The minimum absolute atomic E-state index is 0.0947. The molecule has 0 N–H and O–H groups in total. The largest absolute Gasteiger partial charge is 0.293 e. The van der Waals surface area contributed by atoms with E-state index in [1.54, 1.807) is 16.8 Å². The van der Waals surface area contributed by atoms with Gasteiger partial charge in [-0.1, -0.05) is 46.8 Å². The van der Waals surface area contributed by atoms with Gasteiger partial charge in [-0.3, -0.25) is 4.79 Å². The predicted octanol–water partition coefficient (Wildman–Crippen LogP) is 6.30. The van der Waals surface area contributed by atoms with Crippen molar-refractivity contribution < 1.29 is 4.79 Å². The Morgan fingerprint density at radius 2 is 1.88 bits per heavy atom. The highest BCUT2D eigenvalue weighted by Gasteiger charge is 2.19. The lowest BCUT2D eigenvalue weighted by atomic mass is 10.0. The molecule has 0 spiro atoms. The Hall–Kier alpha value is -1.47. The Balaban J connectivity index is 1.79. The number of hydrogen-bond donors (Lipinski definition) is 0. The summed E-state index contributed by atoms with van der Waals surface area (Å²) in [6.45, 7) is 5.96. The van der Waals surface area contributed by atoms with Crippen LogP contribution in [0.1, 0.15) is 28.4 Å². The Bertz CT molecular complexity index is 1010. The van der Waals surface area contributed by atoms with E-state index in [1.807, 2.05) is 51.1 Å². The zero-order chi connectivity index (χ0) is 18.8. The second-order valence-corrected chi connectivity index (χ2v) is 9.59. The standard InChI is InChI=1S/C19H17ClN2OS3/c1-11-4-5-14(10-12(11)2)17(23)13(3)25-18-21-22(19(24)26-18)16-8-6-15(20)7-9-16/h4-10,13H,1-3H3. The fourth-order valence-electron chi connectivity index (χ4n) is 2.39. The summed E-state index contributed by atoms with van der Waals surface area (Å²) in [6.07, 6.45) is 0. The number of aromatic nitrogens is 2. The molecular weight excluding hydrogens is 404 g/mol. The van der Waals surface area contributed by atoms with Crippen LogP contribution in [0.25, 0.3) is 5.69 Å². The summed E-state index contributed by atoms with van der Waals surface area (Å²) in [5, 5.41) is 4.98. The van der Waals surface area contributed by atoms with Crippen molar-refractivity contribution in [2.75, 3.05) is 0 Å².